The lowest BCUT2D eigenvalue weighted by atomic mass is 9.96. The highest BCUT2D eigenvalue weighted by Gasteiger charge is 2.41. The number of aromatic nitrogens is 3. The summed E-state index contributed by atoms with van der Waals surface area (Å²) >= 11 is 5.79. The molecule has 7 nitrogen and oxygen atoms in total. The summed E-state index contributed by atoms with van der Waals surface area (Å²) in [6.07, 6.45) is 5.75. The van der Waals surface area contributed by atoms with Crippen LogP contribution in [0.4, 0.5) is 5.69 Å². The maximum Gasteiger partial charge on any atom is 0.226 e. The monoisotopic (exact) mass is 496 g/mol. The average molecular weight is 497 g/mol. The van der Waals surface area contributed by atoms with Gasteiger partial charge < -0.3 is 20.1 Å². The molecule has 2 N–H and O–H groups in total. The Balaban J connectivity index is 1.47. The summed E-state index contributed by atoms with van der Waals surface area (Å²) in [5, 5.41) is 7.07. The van der Waals surface area contributed by atoms with Gasteiger partial charge in [0.1, 0.15) is 0 Å². The Hall–Kier alpha value is -4.04. The quantitative estimate of drug-likeness (QED) is 0.355. The van der Waals surface area contributed by atoms with E-state index in [9.17, 15) is 4.79 Å². The number of thiocarbonyl (C=S) groups is 1. The van der Waals surface area contributed by atoms with Crippen molar-refractivity contribution in [1.29, 1.82) is 0 Å². The summed E-state index contributed by atoms with van der Waals surface area (Å²) in [4.78, 5) is 23.8. The molecule has 1 aliphatic rings. The van der Waals surface area contributed by atoms with E-state index in [4.69, 9.17) is 12.2 Å². The SMILES string of the molecule is Cc1cc([C@H]2[C@@H](c3ccccn3)NC(=S)N2CCC(=O)Nc2ccccc2)c(C)n1-c1cccnc1. The van der Waals surface area contributed by atoms with Crippen LogP contribution in [0.15, 0.2) is 85.3 Å². The fourth-order valence-corrected chi connectivity index (χ4v) is 5.25. The van der Waals surface area contributed by atoms with Crippen LogP contribution in [0.1, 0.15) is 41.1 Å². The van der Waals surface area contributed by atoms with Crippen LogP contribution in [0.5, 0.6) is 0 Å². The maximum atomic E-state index is 12.8. The second-order valence-electron chi connectivity index (χ2n) is 8.86. The first-order chi connectivity index (χ1) is 17.5. The smallest absolute Gasteiger partial charge is 0.226 e. The van der Waals surface area contributed by atoms with Gasteiger partial charge in [-0.15, -0.1) is 0 Å². The van der Waals surface area contributed by atoms with E-state index in [0.29, 0.717) is 18.1 Å². The van der Waals surface area contributed by atoms with Gasteiger partial charge in [0, 0.05) is 42.4 Å². The van der Waals surface area contributed by atoms with Crippen molar-refractivity contribution in [2.24, 2.45) is 0 Å². The van der Waals surface area contributed by atoms with Gasteiger partial charge in [-0.1, -0.05) is 24.3 Å². The molecule has 0 bridgehead atoms. The topological polar surface area (TPSA) is 75.1 Å². The number of amides is 1. The lowest BCUT2D eigenvalue weighted by Gasteiger charge is -2.28. The fraction of sp³-hybridized carbons (Fsp3) is 0.214. The largest absolute Gasteiger partial charge is 0.352 e. The molecular weight excluding hydrogens is 468 g/mol. The molecule has 8 heteroatoms. The van der Waals surface area contributed by atoms with Gasteiger partial charge in [0.2, 0.25) is 5.91 Å². The third-order valence-electron chi connectivity index (χ3n) is 6.53. The molecule has 4 aromatic rings. The van der Waals surface area contributed by atoms with E-state index in [1.807, 2.05) is 60.8 Å². The molecule has 5 rings (SSSR count). The van der Waals surface area contributed by atoms with Crippen molar-refractivity contribution in [2.75, 3.05) is 11.9 Å². The number of nitrogens with one attached hydrogen (secondary N) is 2. The van der Waals surface area contributed by atoms with Crippen molar-refractivity contribution in [3.63, 3.8) is 0 Å². The second kappa shape index (κ2) is 10.3. The Morgan fingerprint density at radius 2 is 1.86 bits per heavy atom. The molecule has 1 saturated heterocycles. The number of para-hydroxylation sites is 1. The summed E-state index contributed by atoms with van der Waals surface area (Å²) in [6, 6.07) is 21.3. The Morgan fingerprint density at radius 1 is 1.06 bits per heavy atom. The first kappa shape index (κ1) is 23.7. The van der Waals surface area contributed by atoms with Gasteiger partial charge in [0.05, 0.1) is 29.7 Å². The molecular formula is C28H28N6OS. The van der Waals surface area contributed by atoms with Gasteiger partial charge in [0.15, 0.2) is 5.11 Å². The average Bonchev–Trinajstić information content (AvgIpc) is 3.38. The minimum Gasteiger partial charge on any atom is -0.352 e. The molecule has 0 aliphatic carbocycles. The van der Waals surface area contributed by atoms with E-state index in [1.54, 1.807) is 12.4 Å². The van der Waals surface area contributed by atoms with Crippen molar-refractivity contribution >= 4 is 28.9 Å². The molecule has 0 radical (unpaired) electrons. The van der Waals surface area contributed by atoms with Crippen LogP contribution in [-0.2, 0) is 4.79 Å². The third kappa shape index (κ3) is 4.72. The molecule has 4 heterocycles. The minimum atomic E-state index is -0.140. The molecule has 1 aliphatic heterocycles. The Bertz CT molecular complexity index is 1360. The highest BCUT2D eigenvalue weighted by Crippen LogP contribution is 2.41. The summed E-state index contributed by atoms with van der Waals surface area (Å²) in [7, 11) is 0. The molecule has 2 atom stereocenters. The Morgan fingerprint density at radius 3 is 2.58 bits per heavy atom. The molecule has 3 aromatic heterocycles. The number of carbonyl (C=O) groups excluding carboxylic acids is 1. The van der Waals surface area contributed by atoms with Gasteiger partial charge in [-0.25, -0.2) is 0 Å². The number of aryl methyl sites for hydroxylation is 1. The zero-order chi connectivity index (χ0) is 25.1. The molecule has 1 amide bonds. The van der Waals surface area contributed by atoms with Crippen LogP contribution < -0.4 is 10.6 Å². The number of anilines is 1. The predicted molar refractivity (Wildman–Crippen MR) is 145 cm³/mol. The lowest BCUT2D eigenvalue weighted by molar-refractivity contribution is -0.116. The van der Waals surface area contributed by atoms with Gasteiger partial charge in [-0.2, -0.15) is 0 Å². The zero-order valence-corrected chi connectivity index (χ0v) is 21.1. The fourth-order valence-electron chi connectivity index (χ4n) is 4.92. The van der Waals surface area contributed by atoms with Crippen LogP contribution in [0.25, 0.3) is 5.69 Å². The molecule has 0 saturated carbocycles. The number of hydrogen-bond acceptors (Lipinski definition) is 4. The standard InChI is InChI=1S/C28H28N6OS/c1-19-17-23(20(2)34(19)22-11-8-14-29-18-22)27-26(24-12-6-7-15-30-24)32-28(36)33(27)16-13-25(35)31-21-9-4-3-5-10-21/h3-12,14-15,17-18,26-27H,13,16H2,1-2H3,(H,31,35)(H,32,36)/t26-,27+/m1/s1. The van der Waals surface area contributed by atoms with Gasteiger partial charge in [-0.05, 0) is 74.1 Å². The number of carbonyl (C=O) groups is 1. The molecule has 0 spiro atoms. The van der Waals surface area contributed by atoms with Crippen LogP contribution in [0, 0.1) is 13.8 Å². The van der Waals surface area contributed by atoms with Crippen LogP contribution in [-0.4, -0.2) is 37.0 Å². The molecule has 1 aromatic carbocycles. The zero-order valence-electron chi connectivity index (χ0n) is 20.3. The van der Waals surface area contributed by atoms with Crippen LogP contribution in [0.2, 0.25) is 0 Å². The summed E-state index contributed by atoms with van der Waals surface area (Å²) in [5.41, 5.74) is 6.06. The molecule has 0 unspecified atom stereocenters. The normalized spacial score (nSPS) is 17.2. The lowest BCUT2D eigenvalue weighted by Crippen LogP contribution is -2.32. The number of benzene rings is 1. The maximum absolute atomic E-state index is 12.8. The second-order valence-corrected chi connectivity index (χ2v) is 9.24. The summed E-state index contributed by atoms with van der Waals surface area (Å²) in [6.45, 7) is 4.69. The van der Waals surface area contributed by atoms with Gasteiger partial charge in [-0.3, -0.25) is 14.8 Å². The number of hydrogen-bond donors (Lipinski definition) is 2. The van der Waals surface area contributed by atoms with E-state index in [-0.39, 0.29) is 18.0 Å². The van der Waals surface area contributed by atoms with Gasteiger partial charge in [0.25, 0.3) is 0 Å². The molecule has 36 heavy (non-hydrogen) atoms. The Labute approximate surface area is 216 Å². The number of nitrogens with zero attached hydrogens (tertiary/aromatic N) is 4. The molecule has 1 fully saturated rings. The number of rotatable bonds is 7. The third-order valence-corrected chi connectivity index (χ3v) is 6.88. The van der Waals surface area contributed by atoms with E-state index < -0.39 is 0 Å². The highest BCUT2D eigenvalue weighted by molar-refractivity contribution is 7.80. The van der Waals surface area contributed by atoms with E-state index in [2.05, 4.69) is 56.0 Å². The number of pyridine rings is 2. The minimum absolute atomic E-state index is 0.0510. The molecule has 182 valence electrons. The predicted octanol–water partition coefficient (Wildman–Crippen LogP) is 4.89. The van der Waals surface area contributed by atoms with Crippen molar-refractivity contribution in [3.05, 3.63) is 108 Å². The van der Waals surface area contributed by atoms with Crippen molar-refractivity contribution in [3.8, 4) is 5.69 Å². The first-order valence-electron chi connectivity index (χ1n) is 11.9. The van der Waals surface area contributed by atoms with Gasteiger partial charge >= 0.3 is 0 Å². The van der Waals surface area contributed by atoms with E-state index in [1.165, 1.54) is 0 Å². The Kier molecular flexibility index (Phi) is 6.77. The van der Waals surface area contributed by atoms with E-state index in [0.717, 1.165) is 34.0 Å². The van der Waals surface area contributed by atoms with Crippen molar-refractivity contribution in [2.45, 2.75) is 32.4 Å². The van der Waals surface area contributed by atoms with Crippen molar-refractivity contribution in [1.82, 2.24) is 24.8 Å². The van der Waals surface area contributed by atoms with Crippen LogP contribution >= 0.6 is 12.2 Å². The summed E-state index contributed by atoms with van der Waals surface area (Å²) < 4.78 is 2.21. The van der Waals surface area contributed by atoms with E-state index >= 15 is 0 Å². The highest BCUT2D eigenvalue weighted by atomic mass is 32.1. The van der Waals surface area contributed by atoms with Crippen LogP contribution in [0.3, 0.4) is 0 Å². The van der Waals surface area contributed by atoms with Crippen molar-refractivity contribution < 1.29 is 4.79 Å². The summed E-state index contributed by atoms with van der Waals surface area (Å²) in [5.74, 6) is -0.0510. The first-order valence-corrected chi connectivity index (χ1v) is 12.4.